The zero-order valence-electron chi connectivity index (χ0n) is 15.3. The Bertz CT molecular complexity index is 1020. The van der Waals surface area contributed by atoms with Crippen molar-refractivity contribution in [2.75, 3.05) is 0 Å². The molecule has 1 aliphatic heterocycles. The van der Waals surface area contributed by atoms with Gasteiger partial charge in [0.1, 0.15) is 11.9 Å². The number of hydrogen-bond donors (Lipinski definition) is 3. The quantitative estimate of drug-likeness (QED) is 0.448. The molecular weight excluding hydrogens is 436 g/mol. The van der Waals surface area contributed by atoms with Crippen LogP contribution in [0.1, 0.15) is 34.5 Å². The van der Waals surface area contributed by atoms with Gasteiger partial charge in [0, 0.05) is 20.8 Å². The van der Waals surface area contributed by atoms with Crippen molar-refractivity contribution in [2.24, 2.45) is 0 Å². The molecule has 4 rings (SSSR count). The van der Waals surface area contributed by atoms with Gasteiger partial charge < -0.3 is 10.4 Å². The van der Waals surface area contributed by atoms with Gasteiger partial charge >= 0.3 is 0 Å². The van der Waals surface area contributed by atoms with Gasteiger partial charge in [-0.1, -0.05) is 69.5 Å². The summed E-state index contributed by atoms with van der Waals surface area (Å²) in [5, 5.41) is 18.3. The predicted molar refractivity (Wildman–Crippen MR) is 118 cm³/mol. The number of aryl methyl sites for hydroxylation is 1. The average molecular weight is 456 g/mol. The molecule has 0 spiro atoms. The lowest BCUT2D eigenvalue weighted by Gasteiger charge is -2.33. The molecule has 3 aromatic carbocycles. The van der Waals surface area contributed by atoms with Gasteiger partial charge in [0.2, 0.25) is 0 Å². The second-order valence-electron chi connectivity index (χ2n) is 6.92. The van der Waals surface area contributed by atoms with Crippen LogP contribution in [0.5, 0.6) is 5.75 Å². The summed E-state index contributed by atoms with van der Waals surface area (Å²) in [6.07, 6.45) is 1.99. The zero-order valence-corrected chi connectivity index (χ0v) is 17.6. The van der Waals surface area contributed by atoms with E-state index >= 15 is 0 Å². The van der Waals surface area contributed by atoms with Crippen LogP contribution in [0.2, 0.25) is 5.02 Å². The average Bonchev–Trinajstić information content (AvgIpc) is 2.70. The molecule has 1 heterocycles. The highest BCUT2D eigenvalue weighted by molar-refractivity contribution is 9.10. The fraction of sp³-hybridized carbons (Fsp3) is 0.130. The Morgan fingerprint density at radius 3 is 2.39 bits per heavy atom. The van der Waals surface area contributed by atoms with Gasteiger partial charge in [0.05, 0.1) is 6.04 Å². The molecule has 28 heavy (non-hydrogen) atoms. The van der Waals surface area contributed by atoms with Crippen LogP contribution >= 0.6 is 27.5 Å². The molecule has 0 fully saturated rings. The van der Waals surface area contributed by atoms with Gasteiger partial charge in [0.15, 0.2) is 0 Å². The molecule has 0 amide bonds. The van der Waals surface area contributed by atoms with E-state index in [1.165, 1.54) is 5.56 Å². The first-order valence-electron chi connectivity index (χ1n) is 9.05. The first kappa shape index (κ1) is 19.1. The third-order valence-corrected chi connectivity index (χ3v) is 5.62. The minimum absolute atomic E-state index is 0.123. The number of phenols is 1. The Balaban J connectivity index is 1.76. The third-order valence-electron chi connectivity index (χ3n) is 4.87. The van der Waals surface area contributed by atoms with Gasteiger partial charge in [-0.3, -0.25) is 5.32 Å². The van der Waals surface area contributed by atoms with Crippen molar-refractivity contribution >= 4 is 33.2 Å². The van der Waals surface area contributed by atoms with E-state index in [2.05, 4.69) is 63.8 Å². The Morgan fingerprint density at radius 2 is 1.68 bits per heavy atom. The summed E-state index contributed by atoms with van der Waals surface area (Å²) in [6.45, 7) is 2.08. The number of hydrogen-bond acceptors (Lipinski definition) is 3. The van der Waals surface area contributed by atoms with Crippen molar-refractivity contribution < 1.29 is 5.11 Å². The van der Waals surface area contributed by atoms with E-state index in [1.54, 1.807) is 6.07 Å². The summed E-state index contributed by atoms with van der Waals surface area (Å²) >= 11 is 9.57. The number of rotatable bonds is 3. The van der Waals surface area contributed by atoms with Crippen molar-refractivity contribution in [3.05, 3.63) is 105 Å². The van der Waals surface area contributed by atoms with Gasteiger partial charge in [0.25, 0.3) is 0 Å². The molecule has 0 aliphatic carbocycles. The molecule has 0 saturated heterocycles. The predicted octanol–water partition coefficient (Wildman–Crippen LogP) is 6.09. The Labute approximate surface area is 178 Å². The molecule has 3 aromatic rings. The number of halogens is 2. The number of phenolic OH excluding ortho intramolecular Hbond substituents is 1. The summed E-state index contributed by atoms with van der Waals surface area (Å²) < 4.78 is 0.925. The molecular formula is C23H20BrClN2O. The summed E-state index contributed by atoms with van der Waals surface area (Å²) in [5.74, 6) is 0.261. The summed E-state index contributed by atoms with van der Waals surface area (Å²) in [5.41, 5.74) is 5.23. The molecule has 0 saturated carbocycles. The molecule has 0 bridgehead atoms. The van der Waals surface area contributed by atoms with Crippen LogP contribution in [0.15, 0.2) is 77.3 Å². The van der Waals surface area contributed by atoms with Crippen molar-refractivity contribution in [3.63, 3.8) is 0 Å². The number of nitrogens with one attached hydrogen (secondary N) is 2. The highest BCUT2D eigenvalue weighted by atomic mass is 79.9. The lowest BCUT2D eigenvalue weighted by atomic mass is 9.97. The monoisotopic (exact) mass is 454 g/mol. The smallest absolute Gasteiger partial charge is 0.120 e. The van der Waals surface area contributed by atoms with E-state index in [0.717, 1.165) is 26.9 Å². The lowest BCUT2D eigenvalue weighted by Crippen LogP contribution is -2.39. The summed E-state index contributed by atoms with van der Waals surface area (Å²) in [4.78, 5) is 0. The Hall–Kier alpha value is -2.27. The van der Waals surface area contributed by atoms with Crippen LogP contribution in [0.4, 0.5) is 0 Å². The molecule has 0 aromatic heterocycles. The third kappa shape index (κ3) is 4.09. The first-order valence-corrected chi connectivity index (χ1v) is 10.2. The normalized spacial score (nSPS) is 19.0. The largest absolute Gasteiger partial charge is 0.508 e. The van der Waals surface area contributed by atoms with E-state index in [1.807, 2.05) is 36.4 Å². The fourth-order valence-electron chi connectivity index (χ4n) is 3.34. The van der Waals surface area contributed by atoms with E-state index in [9.17, 15) is 5.11 Å². The van der Waals surface area contributed by atoms with Gasteiger partial charge in [-0.25, -0.2) is 0 Å². The zero-order chi connectivity index (χ0) is 19.7. The molecule has 2 unspecified atom stereocenters. The minimum atomic E-state index is -0.157. The molecule has 142 valence electrons. The van der Waals surface area contributed by atoms with Crippen LogP contribution in [0.25, 0.3) is 5.70 Å². The molecule has 1 aliphatic rings. The van der Waals surface area contributed by atoms with Crippen molar-refractivity contribution in [1.82, 2.24) is 10.6 Å². The van der Waals surface area contributed by atoms with E-state index in [0.29, 0.717) is 5.02 Å². The molecule has 5 heteroatoms. The van der Waals surface area contributed by atoms with Gasteiger partial charge in [-0.2, -0.15) is 0 Å². The Kier molecular flexibility index (Phi) is 5.44. The second kappa shape index (κ2) is 8.00. The maximum Gasteiger partial charge on any atom is 0.120 e. The fourth-order valence-corrected chi connectivity index (χ4v) is 3.85. The molecule has 3 nitrogen and oxygen atoms in total. The number of benzene rings is 3. The van der Waals surface area contributed by atoms with Crippen molar-refractivity contribution in [3.8, 4) is 5.75 Å². The van der Waals surface area contributed by atoms with E-state index in [4.69, 9.17) is 11.6 Å². The topological polar surface area (TPSA) is 44.3 Å². The van der Waals surface area contributed by atoms with Crippen molar-refractivity contribution in [2.45, 2.75) is 19.1 Å². The first-order chi connectivity index (χ1) is 13.5. The maximum absolute atomic E-state index is 10.4. The highest BCUT2D eigenvalue weighted by Crippen LogP contribution is 2.35. The number of aromatic hydroxyl groups is 1. The van der Waals surface area contributed by atoms with Crippen LogP contribution in [0.3, 0.4) is 0 Å². The molecule has 3 N–H and O–H groups in total. The van der Waals surface area contributed by atoms with Gasteiger partial charge in [-0.05, 0) is 54.5 Å². The SMILES string of the molecule is Cc1ccc(C2=CC(c3cc(Br)ccc3O)NC(c3ccc(Cl)cc3)N2)cc1. The van der Waals surface area contributed by atoms with Crippen LogP contribution in [-0.2, 0) is 0 Å². The molecule has 0 radical (unpaired) electrons. The Morgan fingerprint density at radius 1 is 0.964 bits per heavy atom. The second-order valence-corrected chi connectivity index (χ2v) is 8.27. The van der Waals surface area contributed by atoms with Crippen LogP contribution < -0.4 is 10.6 Å². The van der Waals surface area contributed by atoms with Crippen molar-refractivity contribution in [1.29, 1.82) is 0 Å². The minimum Gasteiger partial charge on any atom is -0.508 e. The summed E-state index contributed by atoms with van der Waals surface area (Å²) in [7, 11) is 0. The van der Waals surface area contributed by atoms with Crippen LogP contribution in [0, 0.1) is 6.92 Å². The van der Waals surface area contributed by atoms with Gasteiger partial charge in [-0.15, -0.1) is 0 Å². The van der Waals surface area contributed by atoms with E-state index < -0.39 is 0 Å². The summed E-state index contributed by atoms with van der Waals surface area (Å²) in [6, 6.07) is 21.5. The van der Waals surface area contributed by atoms with E-state index in [-0.39, 0.29) is 18.0 Å². The highest BCUT2D eigenvalue weighted by Gasteiger charge is 2.25. The maximum atomic E-state index is 10.4. The standard InChI is InChI=1S/C23H20BrClN2O/c1-14-2-4-15(5-3-14)20-13-21(19-12-17(24)8-11-22(19)28)27-23(26-20)16-6-9-18(25)10-7-16/h2-13,21,23,26-28H,1H3. The lowest BCUT2D eigenvalue weighted by molar-refractivity contribution is 0.419. The van der Waals surface area contributed by atoms with Crippen LogP contribution in [-0.4, -0.2) is 5.11 Å². The molecule has 2 atom stereocenters.